The van der Waals surface area contributed by atoms with Crippen LogP contribution in [0.3, 0.4) is 0 Å². The number of fused-ring (bicyclic) bond motifs is 1. The lowest BCUT2D eigenvalue weighted by molar-refractivity contribution is -0.141. The molecule has 7 heteroatoms. The molecule has 0 saturated heterocycles. The van der Waals surface area contributed by atoms with Gasteiger partial charge in [-0.15, -0.1) is 0 Å². The van der Waals surface area contributed by atoms with Gasteiger partial charge in [-0.05, 0) is 78.2 Å². The molecular formula is C31H29NO6. The van der Waals surface area contributed by atoms with E-state index in [4.69, 9.17) is 14.6 Å². The van der Waals surface area contributed by atoms with E-state index in [1.54, 1.807) is 55.5 Å². The quantitative estimate of drug-likeness (QED) is 0.199. The highest BCUT2D eigenvalue weighted by Gasteiger charge is 2.15. The number of carboxylic acids is 1. The van der Waals surface area contributed by atoms with Crippen LogP contribution in [0.4, 0.5) is 0 Å². The number of hydrogen-bond donors (Lipinski definition) is 2. The maximum absolute atomic E-state index is 12.8. The molecule has 0 bridgehead atoms. The number of carbonyl (C=O) groups excluding carboxylic acids is 2. The van der Waals surface area contributed by atoms with Crippen molar-refractivity contribution in [2.45, 2.75) is 26.3 Å². The van der Waals surface area contributed by atoms with Crippen molar-refractivity contribution < 1.29 is 29.0 Å². The second-order valence-corrected chi connectivity index (χ2v) is 9.08. The zero-order valence-corrected chi connectivity index (χ0v) is 21.2. The Balaban J connectivity index is 1.32. The average Bonchev–Trinajstić information content (AvgIpc) is 2.93. The summed E-state index contributed by atoms with van der Waals surface area (Å²) in [5.41, 5.74) is 1.78. The van der Waals surface area contributed by atoms with Crippen molar-refractivity contribution in [3.63, 3.8) is 0 Å². The Bertz CT molecular complexity index is 1420. The highest BCUT2D eigenvalue weighted by molar-refractivity contribution is 5.97. The zero-order valence-electron chi connectivity index (χ0n) is 21.2. The van der Waals surface area contributed by atoms with Gasteiger partial charge in [-0.25, -0.2) is 4.79 Å². The van der Waals surface area contributed by atoms with Crippen molar-refractivity contribution in [3.8, 4) is 11.5 Å². The number of ether oxygens (including phenoxy) is 2. The van der Waals surface area contributed by atoms with E-state index in [2.05, 4.69) is 5.32 Å². The molecule has 0 aliphatic heterocycles. The summed E-state index contributed by atoms with van der Waals surface area (Å²) >= 11 is 0. The van der Waals surface area contributed by atoms with Crippen molar-refractivity contribution in [2.75, 3.05) is 6.61 Å². The second-order valence-electron chi connectivity index (χ2n) is 9.08. The molecule has 0 aliphatic rings. The number of benzene rings is 4. The number of hydrogen-bond acceptors (Lipinski definition) is 5. The molecule has 38 heavy (non-hydrogen) atoms. The predicted molar refractivity (Wildman–Crippen MR) is 145 cm³/mol. The summed E-state index contributed by atoms with van der Waals surface area (Å²) < 4.78 is 11.0. The number of carbonyl (C=O) groups is 3. The minimum atomic E-state index is -0.861. The molecule has 1 unspecified atom stereocenters. The molecule has 2 N–H and O–H groups in total. The summed E-state index contributed by atoms with van der Waals surface area (Å²) in [5.74, 6) is -1.24. The molecule has 4 rings (SSSR count). The first-order chi connectivity index (χ1) is 18.3. The third-order valence-corrected chi connectivity index (χ3v) is 6.30. The van der Waals surface area contributed by atoms with Crippen LogP contribution in [0, 0.1) is 5.92 Å². The average molecular weight is 512 g/mol. The van der Waals surface area contributed by atoms with Crippen LogP contribution in [-0.4, -0.2) is 29.6 Å². The van der Waals surface area contributed by atoms with Crippen molar-refractivity contribution >= 4 is 28.6 Å². The summed E-state index contributed by atoms with van der Waals surface area (Å²) in [4.78, 5) is 36.3. The zero-order chi connectivity index (χ0) is 27.1. The van der Waals surface area contributed by atoms with Gasteiger partial charge in [-0.3, -0.25) is 9.59 Å². The van der Waals surface area contributed by atoms with E-state index in [0.29, 0.717) is 29.0 Å². The van der Waals surface area contributed by atoms with E-state index >= 15 is 0 Å². The number of esters is 1. The molecule has 0 saturated carbocycles. The molecule has 0 fully saturated rings. The van der Waals surface area contributed by atoms with E-state index in [0.717, 1.165) is 16.3 Å². The monoisotopic (exact) mass is 511 g/mol. The largest absolute Gasteiger partial charge is 0.494 e. The molecule has 0 spiro atoms. The molecule has 1 amide bonds. The first kappa shape index (κ1) is 26.4. The van der Waals surface area contributed by atoms with Crippen LogP contribution in [0.15, 0.2) is 91.0 Å². The lowest BCUT2D eigenvalue weighted by Crippen LogP contribution is -2.26. The smallest absolute Gasteiger partial charge is 0.343 e. The Morgan fingerprint density at radius 3 is 2.13 bits per heavy atom. The fourth-order valence-corrected chi connectivity index (χ4v) is 3.99. The van der Waals surface area contributed by atoms with Crippen molar-refractivity contribution in [1.82, 2.24) is 5.32 Å². The molecular weight excluding hydrogens is 482 g/mol. The number of rotatable bonds is 10. The summed E-state index contributed by atoms with van der Waals surface area (Å²) in [6, 6.07) is 26.7. The molecule has 194 valence electrons. The Morgan fingerprint density at radius 1 is 0.789 bits per heavy atom. The van der Waals surface area contributed by atoms with Crippen LogP contribution in [0.25, 0.3) is 10.8 Å². The number of aliphatic carboxylic acids is 1. The van der Waals surface area contributed by atoms with Crippen LogP contribution in [0.5, 0.6) is 11.5 Å². The summed E-state index contributed by atoms with van der Waals surface area (Å²) in [7, 11) is 0. The Morgan fingerprint density at radius 2 is 1.42 bits per heavy atom. The van der Waals surface area contributed by atoms with Gasteiger partial charge in [-0.1, -0.05) is 49.4 Å². The molecule has 7 nitrogen and oxygen atoms in total. The van der Waals surface area contributed by atoms with E-state index in [9.17, 15) is 14.4 Å². The Kier molecular flexibility index (Phi) is 8.38. The van der Waals surface area contributed by atoms with E-state index < -0.39 is 17.9 Å². The van der Waals surface area contributed by atoms with E-state index in [-0.39, 0.29) is 18.6 Å². The van der Waals surface area contributed by atoms with Gasteiger partial charge in [0, 0.05) is 5.56 Å². The highest BCUT2D eigenvalue weighted by Crippen LogP contribution is 2.24. The minimum Gasteiger partial charge on any atom is -0.494 e. The predicted octanol–water partition coefficient (Wildman–Crippen LogP) is 6.04. The molecule has 4 aromatic rings. The van der Waals surface area contributed by atoms with Gasteiger partial charge in [0.1, 0.15) is 11.5 Å². The number of carboxylic acid groups (broad SMARTS) is 1. The lowest BCUT2D eigenvalue weighted by atomic mass is 9.99. The molecule has 4 aromatic carbocycles. The number of amides is 1. The summed E-state index contributed by atoms with van der Waals surface area (Å²) in [6.45, 7) is 3.84. The Labute approximate surface area is 221 Å². The summed E-state index contributed by atoms with van der Waals surface area (Å²) in [6.07, 6.45) is 0.391. The topological polar surface area (TPSA) is 102 Å². The molecule has 0 aliphatic carbocycles. The number of nitrogens with one attached hydrogen (secondary N) is 1. The molecule has 2 atom stereocenters. The Hall–Kier alpha value is -4.65. The molecule has 0 aromatic heterocycles. The van der Waals surface area contributed by atoms with Crippen LogP contribution >= 0.6 is 0 Å². The van der Waals surface area contributed by atoms with Gasteiger partial charge in [0.2, 0.25) is 0 Å². The SMILES string of the molecule is CC(CCOc1ccc(OC(=O)c2ccc(C(=O)N[C@@H](C)c3cccc4ccccc34)cc2)cc1)C(=O)O. The van der Waals surface area contributed by atoms with Gasteiger partial charge < -0.3 is 19.9 Å². The van der Waals surface area contributed by atoms with Gasteiger partial charge in [0.05, 0.1) is 24.1 Å². The minimum absolute atomic E-state index is 0.203. The van der Waals surface area contributed by atoms with Crippen molar-refractivity contribution in [3.05, 3.63) is 108 Å². The van der Waals surface area contributed by atoms with Gasteiger partial charge in [0.15, 0.2) is 0 Å². The standard InChI is InChI=1S/C31H29NO6/c1-20(30(34)35)18-19-37-25-14-16-26(17-15-25)38-31(36)24-12-10-23(11-13-24)29(33)32-21(2)27-9-5-7-22-6-3-4-8-28(22)27/h3-17,20-21H,18-19H2,1-2H3,(H,32,33)(H,34,35)/t20?,21-/m0/s1. The highest BCUT2D eigenvalue weighted by atomic mass is 16.5. The maximum Gasteiger partial charge on any atom is 0.343 e. The van der Waals surface area contributed by atoms with Crippen LogP contribution in [0.1, 0.15) is 52.6 Å². The third kappa shape index (κ3) is 6.56. The third-order valence-electron chi connectivity index (χ3n) is 6.30. The van der Waals surface area contributed by atoms with Gasteiger partial charge in [0.25, 0.3) is 5.91 Å². The normalized spacial score (nSPS) is 12.4. The first-order valence-corrected chi connectivity index (χ1v) is 12.4. The van der Waals surface area contributed by atoms with E-state index in [1.807, 2.05) is 49.4 Å². The fraction of sp³-hybridized carbons (Fsp3) is 0.194. The fourth-order valence-electron chi connectivity index (χ4n) is 3.99. The van der Waals surface area contributed by atoms with Gasteiger partial charge >= 0.3 is 11.9 Å². The van der Waals surface area contributed by atoms with Gasteiger partial charge in [-0.2, -0.15) is 0 Å². The van der Waals surface area contributed by atoms with Crippen LogP contribution < -0.4 is 14.8 Å². The first-order valence-electron chi connectivity index (χ1n) is 12.4. The maximum atomic E-state index is 12.8. The lowest BCUT2D eigenvalue weighted by Gasteiger charge is -2.17. The summed E-state index contributed by atoms with van der Waals surface area (Å²) in [5, 5.41) is 14.2. The van der Waals surface area contributed by atoms with E-state index in [1.165, 1.54) is 0 Å². The van der Waals surface area contributed by atoms with Crippen molar-refractivity contribution in [1.29, 1.82) is 0 Å². The molecule has 0 heterocycles. The van der Waals surface area contributed by atoms with Crippen LogP contribution in [-0.2, 0) is 4.79 Å². The molecule has 0 radical (unpaired) electrons. The van der Waals surface area contributed by atoms with Crippen molar-refractivity contribution in [2.24, 2.45) is 5.92 Å². The second kappa shape index (κ2) is 12.1. The van der Waals surface area contributed by atoms with Crippen LogP contribution in [0.2, 0.25) is 0 Å².